The van der Waals surface area contributed by atoms with Gasteiger partial charge in [-0.15, -0.1) is 0 Å². The second kappa shape index (κ2) is 9.28. The topological polar surface area (TPSA) is 114 Å². The summed E-state index contributed by atoms with van der Waals surface area (Å²) in [5.41, 5.74) is 6.83. The van der Waals surface area contributed by atoms with Gasteiger partial charge in [-0.1, -0.05) is 29.8 Å². The number of hydrogen-bond acceptors (Lipinski definition) is 5. The lowest BCUT2D eigenvalue weighted by molar-refractivity contribution is -0.139. The summed E-state index contributed by atoms with van der Waals surface area (Å²) in [5, 5.41) is 5.99. The van der Waals surface area contributed by atoms with Crippen molar-refractivity contribution in [1.29, 1.82) is 0 Å². The number of esters is 1. The molecule has 1 atom stereocenters. The predicted molar refractivity (Wildman–Crippen MR) is 108 cm³/mol. The molecule has 2 aliphatic rings. The van der Waals surface area contributed by atoms with E-state index in [1.54, 1.807) is 31.2 Å². The Morgan fingerprint density at radius 2 is 1.97 bits per heavy atom. The molecule has 29 heavy (non-hydrogen) atoms. The van der Waals surface area contributed by atoms with Crippen molar-refractivity contribution in [2.45, 2.75) is 25.8 Å². The highest BCUT2D eigenvalue weighted by atomic mass is 35.5. The lowest BCUT2D eigenvalue weighted by Gasteiger charge is -2.35. The minimum atomic E-state index is -0.713. The van der Waals surface area contributed by atoms with Gasteiger partial charge in [0.15, 0.2) is 0 Å². The number of carbonyl (C=O) groups excluding carboxylic acids is 3. The van der Waals surface area contributed by atoms with Gasteiger partial charge in [0.1, 0.15) is 0 Å². The summed E-state index contributed by atoms with van der Waals surface area (Å²) in [4.78, 5) is 38.6. The fourth-order valence-corrected chi connectivity index (χ4v) is 3.98. The number of nitrogens with zero attached hydrogens (tertiary/aromatic N) is 1. The van der Waals surface area contributed by atoms with Crippen molar-refractivity contribution in [3.05, 3.63) is 46.1 Å². The maximum Gasteiger partial charge on any atom is 0.338 e. The highest BCUT2D eigenvalue weighted by Gasteiger charge is 2.35. The number of rotatable bonds is 6. The quantitative estimate of drug-likeness (QED) is 0.606. The zero-order chi connectivity index (χ0) is 21.0. The van der Waals surface area contributed by atoms with Crippen molar-refractivity contribution in [3.63, 3.8) is 0 Å². The minimum Gasteiger partial charge on any atom is -0.463 e. The van der Waals surface area contributed by atoms with Gasteiger partial charge in [-0.2, -0.15) is 0 Å². The summed E-state index contributed by atoms with van der Waals surface area (Å²) in [6, 6.07) is 5.94. The lowest BCUT2D eigenvalue weighted by Crippen LogP contribution is -2.49. The van der Waals surface area contributed by atoms with Crippen LogP contribution < -0.4 is 16.4 Å². The molecule has 3 amide bonds. The Bertz CT molecular complexity index is 834. The van der Waals surface area contributed by atoms with Gasteiger partial charge < -0.3 is 21.1 Å². The van der Waals surface area contributed by atoms with Crippen LogP contribution in [0.3, 0.4) is 0 Å². The van der Waals surface area contributed by atoms with Gasteiger partial charge in [0.05, 0.1) is 18.2 Å². The van der Waals surface area contributed by atoms with E-state index < -0.39 is 18.0 Å². The van der Waals surface area contributed by atoms with Crippen LogP contribution in [0.25, 0.3) is 0 Å². The van der Waals surface area contributed by atoms with Gasteiger partial charge >= 0.3 is 12.0 Å². The van der Waals surface area contributed by atoms with Crippen LogP contribution in [0.5, 0.6) is 0 Å². The second-order valence-electron chi connectivity index (χ2n) is 7.12. The number of likely N-dealkylation sites (tertiary alicyclic amines) is 1. The highest BCUT2D eigenvalue weighted by Crippen LogP contribution is 2.32. The van der Waals surface area contributed by atoms with Crippen molar-refractivity contribution in [3.8, 4) is 0 Å². The first-order chi connectivity index (χ1) is 13.9. The van der Waals surface area contributed by atoms with E-state index in [0.29, 0.717) is 54.3 Å². The third-order valence-electron chi connectivity index (χ3n) is 5.24. The summed E-state index contributed by atoms with van der Waals surface area (Å²) in [7, 11) is 0. The van der Waals surface area contributed by atoms with Crippen LogP contribution in [0.4, 0.5) is 4.79 Å². The van der Waals surface area contributed by atoms with Crippen molar-refractivity contribution in [1.82, 2.24) is 15.5 Å². The molecule has 8 nitrogen and oxygen atoms in total. The van der Waals surface area contributed by atoms with Crippen LogP contribution in [0, 0.1) is 5.92 Å². The molecule has 0 spiro atoms. The van der Waals surface area contributed by atoms with Crippen LogP contribution >= 0.6 is 11.6 Å². The van der Waals surface area contributed by atoms with Crippen molar-refractivity contribution >= 4 is 29.5 Å². The van der Waals surface area contributed by atoms with E-state index in [9.17, 15) is 14.4 Å². The third kappa shape index (κ3) is 4.89. The molecule has 0 aromatic heterocycles. The largest absolute Gasteiger partial charge is 0.463 e. The van der Waals surface area contributed by atoms with E-state index in [0.717, 1.165) is 0 Å². The minimum absolute atomic E-state index is 0.136. The molecule has 3 rings (SSSR count). The Kier molecular flexibility index (Phi) is 6.76. The predicted octanol–water partition coefficient (Wildman–Crippen LogP) is 1.71. The number of hydrogen-bond donors (Lipinski definition) is 3. The molecule has 1 fully saturated rings. The van der Waals surface area contributed by atoms with E-state index >= 15 is 0 Å². The number of urea groups is 1. The number of ether oxygens (including phenoxy) is 1. The highest BCUT2D eigenvalue weighted by molar-refractivity contribution is 6.31. The average Bonchev–Trinajstić information content (AvgIpc) is 2.68. The molecule has 2 aliphatic heterocycles. The zero-order valence-electron chi connectivity index (χ0n) is 16.2. The summed E-state index contributed by atoms with van der Waals surface area (Å²) in [5.74, 6) is -0.930. The summed E-state index contributed by atoms with van der Waals surface area (Å²) < 4.78 is 5.27. The van der Waals surface area contributed by atoms with E-state index in [4.69, 9.17) is 22.1 Å². The van der Waals surface area contributed by atoms with E-state index in [1.807, 2.05) is 0 Å². The number of nitrogens with two attached hydrogens (primary N) is 1. The van der Waals surface area contributed by atoms with Crippen LogP contribution in [0.15, 0.2) is 35.5 Å². The number of benzene rings is 1. The van der Waals surface area contributed by atoms with Gasteiger partial charge in [0.2, 0.25) is 5.91 Å². The second-order valence-corrected chi connectivity index (χ2v) is 7.53. The van der Waals surface area contributed by atoms with E-state index in [1.165, 1.54) is 0 Å². The van der Waals surface area contributed by atoms with Crippen LogP contribution in [0.2, 0.25) is 5.02 Å². The molecular weight excluding hydrogens is 396 g/mol. The molecular formula is C20H25ClN4O4. The van der Waals surface area contributed by atoms with Gasteiger partial charge in [-0.3, -0.25) is 9.69 Å². The zero-order valence-corrected chi connectivity index (χ0v) is 17.0. The molecule has 2 heterocycles. The number of nitrogens with one attached hydrogen (secondary N) is 2. The Balaban J connectivity index is 1.92. The Morgan fingerprint density at radius 1 is 1.28 bits per heavy atom. The van der Waals surface area contributed by atoms with Crippen molar-refractivity contribution in [2.24, 2.45) is 11.7 Å². The maximum atomic E-state index is 12.8. The van der Waals surface area contributed by atoms with Gasteiger partial charge in [0, 0.05) is 23.2 Å². The smallest absolute Gasteiger partial charge is 0.338 e. The summed E-state index contributed by atoms with van der Waals surface area (Å²) in [6.45, 7) is 3.59. The van der Waals surface area contributed by atoms with Gasteiger partial charge in [0.25, 0.3) is 0 Å². The van der Waals surface area contributed by atoms with Crippen LogP contribution in [-0.2, 0) is 14.3 Å². The third-order valence-corrected chi connectivity index (χ3v) is 5.58. The molecule has 0 radical (unpaired) electrons. The molecule has 0 bridgehead atoms. The molecule has 9 heteroatoms. The summed E-state index contributed by atoms with van der Waals surface area (Å²) in [6.07, 6.45) is 1.30. The fraction of sp³-hybridized carbons (Fsp3) is 0.450. The number of primary amides is 1. The lowest BCUT2D eigenvalue weighted by atomic mass is 9.93. The number of amides is 3. The molecule has 4 N–H and O–H groups in total. The van der Waals surface area contributed by atoms with Crippen molar-refractivity contribution < 1.29 is 19.1 Å². The normalized spacial score (nSPS) is 20.8. The van der Waals surface area contributed by atoms with Crippen LogP contribution in [0.1, 0.15) is 31.4 Å². The Morgan fingerprint density at radius 3 is 2.59 bits per heavy atom. The summed E-state index contributed by atoms with van der Waals surface area (Å²) >= 11 is 6.34. The first-order valence-electron chi connectivity index (χ1n) is 9.64. The fourth-order valence-electron chi connectivity index (χ4n) is 3.73. The Hall–Kier alpha value is -2.58. The number of carbonyl (C=O) groups is 3. The van der Waals surface area contributed by atoms with Crippen molar-refractivity contribution in [2.75, 3.05) is 26.2 Å². The average molecular weight is 421 g/mol. The Labute approximate surface area is 174 Å². The molecule has 156 valence electrons. The molecule has 0 unspecified atom stereocenters. The molecule has 1 aromatic carbocycles. The van der Waals surface area contributed by atoms with Crippen LogP contribution in [-0.4, -0.2) is 49.0 Å². The molecule has 0 saturated carbocycles. The number of piperidine rings is 1. The monoisotopic (exact) mass is 420 g/mol. The van der Waals surface area contributed by atoms with E-state index in [-0.39, 0.29) is 18.4 Å². The number of halogens is 1. The van der Waals surface area contributed by atoms with E-state index in [2.05, 4.69) is 15.5 Å². The SMILES string of the molecule is CCOC(=O)C1=C(CN2CCC(C(N)=O)CC2)NC(=O)N[C@@H]1c1ccccc1Cl. The first-order valence-corrected chi connectivity index (χ1v) is 10.0. The molecule has 0 aliphatic carbocycles. The van der Waals surface area contributed by atoms with Gasteiger partial charge in [-0.05, 0) is 44.5 Å². The standard InChI is InChI=1S/C20H25ClN4O4/c1-2-29-19(27)16-15(11-25-9-7-12(8-10-25)18(22)26)23-20(28)24-17(16)13-5-3-4-6-14(13)21/h3-6,12,17H,2,7-11H2,1H3,(H2,22,26)(H2,23,24,28)/t17-/m1/s1. The maximum absolute atomic E-state index is 12.8. The van der Waals surface area contributed by atoms with Gasteiger partial charge in [-0.25, -0.2) is 9.59 Å². The molecule has 1 saturated heterocycles. The first kappa shape index (κ1) is 21.1. The molecule has 1 aromatic rings.